The van der Waals surface area contributed by atoms with E-state index in [2.05, 4.69) is 67.9 Å². The highest BCUT2D eigenvalue weighted by atomic mass is 15.2. The Morgan fingerprint density at radius 2 is 1.76 bits per heavy atom. The molecular weight excluding hydrogens is 256 g/mol. The molecule has 0 bridgehead atoms. The molecular formula is C19H24N2. The van der Waals surface area contributed by atoms with E-state index in [0.29, 0.717) is 11.8 Å². The zero-order chi connectivity index (χ0) is 15.0. The Hall–Kier alpha value is -1.83. The SMILES string of the molecule is CC(C)c1ccc2ccc(C(C)C)c(N3C=NCC3)c2c1. The van der Waals surface area contributed by atoms with Crippen LogP contribution in [0.2, 0.25) is 0 Å². The largest absolute Gasteiger partial charge is 0.330 e. The van der Waals surface area contributed by atoms with E-state index in [1.165, 1.54) is 27.6 Å². The summed E-state index contributed by atoms with van der Waals surface area (Å²) < 4.78 is 0. The van der Waals surface area contributed by atoms with E-state index in [-0.39, 0.29) is 0 Å². The first-order valence-electron chi connectivity index (χ1n) is 7.91. The average molecular weight is 280 g/mol. The molecule has 3 rings (SSSR count). The molecule has 0 fully saturated rings. The summed E-state index contributed by atoms with van der Waals surface area (Å²) in [4.78, 5) is 6.73. The van der Waals surface area contributed by atoms with Gasteiger partial charge in [0.25, 0.3) is 0 Å². The summed E-state index contributed by atoms with van der Waals surface area (Å²) in [5.74, 6) is 1.07. The molecule has 110 valence electrons. The summed E-state index contributed by atoms with van der Waals surface area (Å²) in [5, 5.41) is 2.68. The summed E-state index contributed by atoms with van der Waals surface area (Å²) >= 11 is 0. The van der Waals surface area contributed by atoms with Crippen LogP contribution < -0.4 is 4.90 Å². The second-order valence-corrected chi connectivity index (χ2v) is 6.51. The zero-order valence-electron chi connectivity index (χ0n) is 13.4. The van der Waals surface area contributed by atoms with Crippen molar-refractivity contribution in [2.45, 2.75) is 39.5 Å². The van der Waals surface area contributed by atoms with Crippen molar-refractivity contribution < 1.29 is 0 Å². The minimum atomic E-state index is 0.515. The van der Waals surface area contributed by atoms with Crippen LogP contribution in [0.15, 0.2) is 35.3 Å². The normalized spacial score (nSPS) is 14.9. The Balaban J connectivity index is 2.28. The van der Waals surface area contributed by atoms with Gasteiger partial charge in [-0.3, -0.25) is 4.99 Å². The van der Waals surface area contributed by atoms with Gasteiger partial charge in [0.2, 0.25) is 0 Å². The van der Waals surface area contributed by atoms with Gasteiger partial charge in [0.1, 0.15) is 0 Å². The maximum absolute atomic E-state index is 4.41. The quantitative estimate of drug-likeness (QED) is 0.778. The molecule has 0 N–H and O–H groups in total. The number of hydrogen-bond acceptors (Lipinski definition) is 2. The predicted molar refractivity (Wildman–Crippen MR) is 92.8 cm³/mol. The third kappa shape index (κ3) is 2.55. The summed E-state index contributed by atoms with van der Waals surface area (Å²) in [6, 6.07) is 11.4. The Bertz CT molecular complexity index is 678. The first-order chi connectivity index (χ1) is 10.1. The van der Waals surface area contributed by atoms with Gasteiger partial charge in [-0.15, -0.1) is 0 Å². The first-order valence-corrected chi connectivity index (χ1v) is 7.91. The topological polar surface area (TPSA) is 15.6 Å². The van der Waals surface area contributed by atoms with Crippen LogP contribution >= 0.6 is 0 Å². The number of fused-ring (bicyclic) bond motifs is 1. The van der Waals surface area contributed by atoms with Gasteiger partial charge in [-0.2, -0.15) is 0 Å². The monoisotopic (exact) mass is 280 g/mol. The first kappa shape index (κ1) is 14.1. The number of anilines is 1. The third-order valence-electron chi connectivity index (χ3n) is 4.32. The second-order valence-electron chi connectivity index (χ2n) is 6.51. The molecule has 0 spiro atoms. The predicted octanol–water partition coefficient (Wildman–Crippen LogP) is 4.93. The summed E-state index contributed by atoms with van der Waals surface area (Å²) in [7, 11) is 0. The van der Waals surface area contributed by atoms with Crippen LogP contribution in [0.4, 0.5) is 5.69 Å². The van der Waals surface area contributed by atoms with E-state index in [1.807, 2.05) is 6.34 Å². The summed E-state index contributed by atoms with van der Waals surface area (Å²) in [5.41, 5.74) is 4.17. The van der Waals surface area contributed by atoms with Gasteiger partial charge in [0, 0.05) is 11.9 Å². The van der Waals surface area contributed by atoms with Crippen LogP contribution in [0, 0.1) is 0 Å². The van der Waals surface area contributed by atoms with Crippen LogP contribution in [-0.4, -0.2) is 19.4 Å². The molecule has 1 heterocycles. The molecule has 0 amide bonds. The lowest BCUT2D eigenvalue weighted by Crippen LogP contribution is -2.20. The standard InChI is InChI=1S/C19H24N2/c1-13(2)16-6-5-15-7-8-17(14(3)4)19(18(15)11-16)21-10-9-20-12-21/h5-8,11-14H,9-10H2,1-4H3. The number of benzene rings is 2. The van der Waals surface area contributed by atoms with Crippen molar-refractivity contribution in [3.05, 3.63) is 41.5 Å². The van der Waals surface area contributed by atoms with Crippen molar-refractivity contribution in [1.29, 1.82) is 0 Å². The van der Waals surface area contributed by atoms with Gasteiger partial charge in [0.05, 0.1) is 18.6 Å². The van der Waals surface area contributed by atoms with Gasteiger partial charge in [-0.05, 0) is 34.4 Å². The molecule has 0 unspecified atom stereocenters. The summed E-state index contributed by atoms with van der Waals surface area (Å²) in [6.07, 6.45) is 2.00. The molecule has 21 heavy (non-hydrogen) atoms. The lowest BCUT2D eigenvalue weighted by Gasteiger charge is -2.23. The van der Waals surface area contributed by atoms with Gasteiger partial charge < -0.3 is 4.90 Å². The van der Waals surface area contributed by atoms with Gasteiger partial charge in [0.15, 0.2) is 0 Å². The van der Waals surface area contributed by atoms with E-state index in [4.69, 9.17) is 0 Å². The Morgan fingerprint density at radius 3 is 2.38 bits per heavy atom. The smallest absolute Gasteiger partial charge is 0.0895 e. The zero-order valence-corrected chi connectivity index (χ0v) is 13.4. The molecule has 0 saturated heterocycles. The van der Waals surface area contributed by atoms with Crippen LogP contribution in [-0.2, 0) is 0 Å². The van der Waals surface area contributed by atoms with Crippen LogP contribution in [0.5, 0.6) is 0 Å². The Kier molecular flexibility index (Phi) is 3.71. The van der Waals surface area contributed by atoms with E-state index in [0.717, 1.165) is 13.1 Å². The minimum Gasteiger partial charge on any atom is -0.330 e. The van der Waals surface area contributed by atoms with Crippen LogP contribution in [0.3, 0.4) is 0 Å². The van der Waals surface area contributed by atoms with Crippen molar-refractivity contribution in [1.82, 2.24) is 0 Å². The van der Waals surface area contributed by atoms with Crippen molar-refractivity contribution in [3.63, 3.8) is 0 Å². The molecule has 1 aliphatic heterocycles. The van der Waals surface area contributed by atoms with Gasteiger partial charge in [-0.25, -0.2) is 0 Å². The van der Waals surface area contributed by atoms with E-state index in [9.17, 15) is 0 Å². The second kappa shape index (κ2) is 5.51. The lowest BCUT2D eigenvalue weighted by atomic mass is 9.92. The molecule has 2 heteroatoms. The van der Waals surface area contributed by atoms with Crippen molar-refractivity contribution in [2.75, 3.05) is 18.0 Å². The number of hydrogen-bond donors (Lipinski definition) is 0. The molecule has 0 atom stereocenters. The van der Waals surface area contributed by atoms with Crippen LogP contribution in [0.25, 0.3) is 10.8 Å². The van der Waals surface area contributed by atoms with Gasteiger partial charge >= 0.3 is 0 Å². The number of nitrogens with zero attached hydrogens (tertiary/aromatic N) is 2. The Morgan fingerprint density at radius 1 is 1.00 bits per heavy atom. The molecule has 2 nitrogen and oxygen atoms in total. The van der Waals surface area contributed by atoms with Crippen LogP contribution in [0.1, 0.15) is 50.7 Å². The lowest BCUT2D eigenvalue weighted by molar-refractivity contribution is 0.859. The maximum atomic E-state index is 4.41. The maximum Gasteiger partial charge on any atom is 0.0895 e. The molecule has 2 aromatic rings. The number of rotatable bonds is 3. The van der Waals surface area contributed by atoms with Crippen molar-refractivity contribution in [3.8, 4) is 0 Å². The average Bonchev–Trinajstić information content (AvgIpc) is 2.98. The molecule has 0 aromatic heterocycles. The van der Waals surface area contributed by atoms with E-state index < -0.39 is 0 Å². The summed E-state index contributed by atoms with van der Waals surface area (Å²) in [6.45, 7) is 10.9. The minimum absolute atomic E-state index is 0.515. The van der Waals surface area contributed by atoms with Gasteiger partial charge in [-0.1, -0.05) is 52.0 Å². The van der Waals surface area contributed by atoms with Crippen molar-refractivity contribution >= 4 is 22.8 Å². The van der Waals surface area contributed by atoms with E-state index >= 15 is 0 Å². The number of aliphatic imine (C=N–C) groups is 1. The van der Waals surface area contributed by atoms with E-state index in [1.54, 1.807) is 0 Å². The molecule has 2 aromatic carbocycles. The molecule has 0 aliphatic carbocycles. The Labute approximate surface area is 127 Å². The highest BCUT2D eigenvalue weighted by Crippen LogP contribution is 2.36. The highest BCUT2D eigenvalue weighted by Gasteiger charge is 2.18. The van der Waals surface area contributed by atoms with Crippen molar-refractivity contribution in [2.24, 2.45) is 4.99 Å². The highest BCUT2D eigenvalue weighted by molar-refractivity contribution is 6.01. The molecule has 0 radical (unpaired) electrons. The fourth-order valence-electron chi connectivity index (χ4n) is 3.03. The molecule has 0 saturated carbocycles. The third-order valence-corrected chi connectivity index (χ3v) is 4.32. The fraction of sp³-hybridized carbons (Fsp3) is 0.421. The fourth-order valence-corrected chi connectivity index (χ4v) is 3.03. The molecule has 1 aliphatic rings.